The number of aromatic nitrogens is 2. The van der Waals surface area contributed by atoms with Crippen LogP contribution in [0.25, 0.3) is 10.9 Å². The first kappa shape index (κ1) is 16.4. The number of carbonyl (C=O) groups is 1. The van der Waals surface area contributed by atoms with E-state index in [1.807, 2.05) is 12.1 Å². The van der Waals surface area contributed by atoms with Gasteiger partial charge in [0.15, 0.2) is 0 Å². The highest BCUT2D eigenvalue weighted by molar-refractivity contribution is 5.94. The van der Waals surface area contributed by atoms with E-state index in [-0.39, 0.29) is 22.9 Å². The van der Waals surface area contributed by atoms with Crippen LogP contribution in [0.15, 0.2) is 53.5 Å². The Morgan fingerprint density at radius 3 is 2.92 bits per heavy atom. The monoisotopic (exact) mass is 351 g/mol. The third kappa shape index (κ3) is 2.98. The van der Waals surface area contributed by atoms with Crippen molar-refractivity contribution in [2.75, 3.05) is 13.1 Å². The molecule has 4 rings (SSSR count). The van der Waals surface area contributed by atoms with Gasteiger partial charge in [0.2, 0.25) is 0 Å². The Labute approximate surface area is 149 Å². The topological polar surface area (TPSA) is 66.1 Å². The van der Waals surface area contributed by atoms with Crippen LogP contribution in [0.2, 0.25) is 0 Å². The summed E-state index contributed by atoms with van der Waals surface area (Å²) in [6.45, 7) is 1.04. The van der Waals surface area contributed by atoms with Crippen LogP contribution in [0, 0.1) is 5.82 Å². The number of piperidine rings is 1. The molecular weight excluding hydrogens is 333 g/mol. The summed E-state index contributed by atoms with van der Waals surface area (Å²) in [6.07, 6.45) is 3.26. The van der Waals surface area contributed by atoms with Gasteiger partial charge in [0, 0.05) is 36.3 Å². The number of nitrogens with one attached hydrogen (secondary N) is 1. The van der Waals surface area contributed by atoms with Crippen LogP contribution in [-0.4, -0.2) is 33.9 Å². The first-order valence-electron chi connectivity index (χ1n) is 8.65. The van der Waals surface area contributed by atoms with E-state index >= 15 is 0 Å². The molecule has 6 heteroatoms. The third-order valence-electron chi connectivity index (χ3n) is 4.88. The first-order chi connectivity index (χ1) is 12.6. The van der Waals surface area contributed by atoms with Crippen LogP contribution in [0.1, 0.15) is 34.8 Å². The zero-order chi connectivity index (χ0) is 18.1. The van der Waals surface area contributed by atoms with Crippen LogP contribution in [0.4, 0.5) is 4.39 Å². The van der Waals surface area contributed by atoms with E-state index < -0.39 is 5.82 Å². The quantitative estimate of drug-likeness (QED) is 0.772. The normalized spacial score (nSPS) is 17.4. The molecule has 0 aliphatic carbocycles. The molecule has 3 heterocycles. The number of amides is 1. The van der Waals surface area contributed by atoms with Crippen molar-refractivity contribution in [3.8, 4) is 0 Å². The number of benzene rings is 1. The Kier molecular flexibility index (Phi) is 4.24. The van der Waals surface area contributed by atoms with E-state index in [1.54, 1.807) is 29.3 Å². The molecule has 2 aromatic heterocycles. The lowest BCUT2D eigenvalue weighted by molar-refractivity contribution is 0.0701. The van der Waals surface area contributed by atoms with Gasteiger partial charge in [-0.15, -0.1) is 0 Å². The van der Waals surface area contributed by atoms with E-state index in [0.29, 0.717) is 18.6 Å². The third-order valence-corrected chi connectivity index (χ3v) is 4.88. The van der Waals surface area contributed by atoms with Gasteiger partial charge in [-0.25, -0.2) is 4.39 Å². The van der Waals surface area contributed by atoms with Gasteiger partial charge in [0.05, 0.1) is 5.56 Å². The summed E-state index contributed by atoms with van der Waals surface area (Å²) < 4.78 is 13.9. The molecule has 1 unspecified atom stereocenters. The Balaban J connectivity index is 1.62. The highest BCUT2D eigenvalue weighted by Gasteiger charge is 2.27. The fraction of sp³-hybridized carbons (Fsp3) is 0.250. The van der Waals surface area contributed by atoms with Crippen molar-refractivity contribution in [2.45, 2.75) is 18.8 Å². The number of pyridine rings is 2. The fourth-order valence-corrected chi connectivity index (χ4v) is 3.56. The molecular formula is C20H18FN3O2. The van der Waals surface area contributed by atoms with Gasteiger partial charge in [-0.2, -0.15) is 0 Å². The van der Waals surface area contributed by atoms with E-state index in [4.69, 9.17) is 0 Å². The predicted octanol–water partition coefficient (Wildman–Crippen LogP) is 3.08. The number of nitrogens with zero attached hydrogens (tertiary/aromatic N) is 2. The molecule has 132 valence electrons. The minimum Gasteiger partial charge on any atom is -0.338 e. The number of aromatic amines is 1. The molecule has 5 nitrogen and oxygen atoms in total. The van der Waals surface area contributed by atoms with Crippen molar-refractivity contribution in [2.24, 2.45) is 0 Å². The molecule has 26 heavy (non-hydrogen) atoms. The van der Waals surface area contributed by atoms with Crippen LogP contribution in [0.3, 0.4) is 0 Å². The maximum atomic E-state index is 13.9. The van der Waals surface area contributed by atoms with Crippen LogP contribution in [0.5, 0.6) is 0 Å². The Hall–Kier alpha value is -3.02. The molecule has 1 atom stereocenters. The number of halogens is 1. The van der Waals surface area contributed by atoms with Crippen molar-refractivity contribution in [3.05, 3.63) is 76.1 Å². The maximum Gasteiger partial charge on any atom is 0.274 e. The molecule has 1 aromatic carbocycles. The number of H-pyrrole nitrogens is 1. The Morgan fingerprint density at radius 1 is 1.23 bits per heavy atom. The van der Waals surface area contributed by atoms with E-state index in [0.717, 1.165) is 23.9 Å². The molecule has 1 saturated heterocycles. The number of likely N-dealkylation sites (tertiary alicyclic amines) is 1. The van der Waals surface area contributed by atoms with E-state index in [1.165, 1.54) is 12.1 Å². The minimum atomic E-state index is -0.509. The van der Waals surface area contributed by atoms with E-state index in [9.17, 15) is 14.0 Å². The molecule has 1 amide bonds. The van der Waals surface area contributed by atoms with Gasteiger partial charge in [-0.1, -0.05) is 18.2 Å². The molecule has 1 fully saturated rings. The second-order valence-electron chi connectivity index (χ2n) is 6.57. The standard InChI is InChI=1S/C20H18FN3O2/c21-16-8-2-1-7-15(16)20(26)24-10-4-6-14(12-24)17-11-13-5-3-9-22-18(13)19(25)23-17/h1-3,5,7-9,11,14H,4,6,10,12H2,(H,23,25). The Morgan fingerprint density at radius 2 is 2.08 bits per heavy atom. The zero-order valence-electron chi connectivity index (χ0n) is 14.1. The van der Waals surface area contributed by atoms with Gasteiger partial charge >= 0.3 is 0 Å². The molecule has 1 N–H and O–H groups in total. The molecule has 1 aliphatic heterocycles. The largest absolute Gasteiger partial charge is 0.338 e. The van der Waals surface area contributed by atoms with Crippen molar-refractivity contribution in [1.29, 1.82) is 0 Å². The van der Waals surface area contributed by atoms with Crippen molar-refractivity contribution in [1.82, 2.24) is 14.9 Å². The minimum absolute atomic E-state index is 0.0109. The fourth-order valence-electron chi connectivity index (χ4n) is 3.56. The number of hydrogen-bond acceptors (Lipinski definition) is 3. The van der Waals surface area contributed by atoms with Crippen LogP contribution < -0.4 is 5.56 Å². The van der Waals surface area contributed by atoms with Gasteiger partial charge in [0.1, 0.15) is 11.3 Å². The summed E-state index contributed by atoms with van der Waals surface area (Å²) in [5.74, 6) is -0.806. The zero-order valence-corrected chi connectivity index (χ0v) is 14.1. The lowest BCUT2D eigenvalue weighted by Crippen LogP contribution is -2.40. The second kappa shape index (κ2) is 6.71. The summed E-state index contributed by atoms with van der Waals surface area (Å²) in [6, 6.07) is 11.6. The molecule has 0 spiro atoms. The lowest BCUT2D eigenvalue weighted by atomic mass is 9.93. The lowest BCUT2D eigenvalue weighted by Gasteiger charge is -2.33. The number of fused-ring (bicyclic) bond motifs is 1. The maximum absolute atomic E-state index is 13.9. The predicted molar refractivity (Wildman–Crippen MR) is 96.6 cm³/mol. The Bertz CT molecular complexity index is 1030. The van der Waals surface area contributed by atoms with Crippen LogP contribution >= 0.6 is 0 Å². The summed E-state index contributed by atoms with van der Waals surface area (Å²) >= 11 is 0. The van der Waals surface area contributed by atoms with Gasteiger partial charge in [-0.05, 0) is 37.1 Å². The van der Waals surface area contributed by atoms with Gasteiger partial charge < -0.3 is 9.88 Å². The van der Waals surface area contributed by atoms with Gasteiger partial charge in [-0.3, -0.25) is 14.6 Å². The smallest absolute Gasteiger partial charge is 0.274 e. The molecule has 0 radical (unpaired) electrons. The van der Waals surface area contributed by atoms with E-state index in [2.05, 4.69) is 9.97 Å². The number of carbonyl (C=O) groups excluding carboxylic acids is 1. The second-order valence-corrected chi connectivity index (χ2v) is 6.57. The average molecular weight is 351 g/mol. The molecule has 0 saturated carbocycles. The highest BCUT2D eigenvalue weighted by atomic mass is 19.1. The van der Waals surface area contributed by atoms with Gasteiger partial charge in [0.25, 0.3) is 11.5 Å². The number of hydrogen-bond donors (Lipinski definition) is 1. The summed E-state index contributed by atoms with van der Waals surface area (Å²) in [5, 5.41) is 0.781. The number of rotatable bonds is 2. The van der Waals surface area contributed by atoms with Crippen molar-refractivity contribution < 1.29 is 9.18 Å². The van der Waals surface area contributed by atoms with Crippen molar-refractivity contribution in [3.63, 3.8) is 0 Å². The average Bonchev–Trinajstić information content (AvgIpc) is 2.68. The summed E-state index contributed by atoms with van der Waals surface area (Å²) in [4.78, 5) is 33.6. The molecule has 3 aromatic rings. The molecule has 1 aliphatic rings. The molecule has 0 bridgehead atoms. The van der Waals surface area contributed by atoms with Crippen LogP contribution in [-0.2, 0) is 0 Å². The summed E-state index contributed by atoms with van der Waals surface area (Å²) in [7, 11) is 0. The van der Waals surface area contributed by atoms with Crippen molar-refractivity contribution >= 4 is 16.8 Å². The first-order valence-corrected chi connectivity index (χ1v) is 8.65. The summed E-state index contributed by atoms with van der Waals surface area (Å²) in [5.41, 5.74) is 1.06. The highest BCUT2D eigenvalue weighted by Crippen LogP contribution is 2.27. The SMILES string of the molecule is O=C(c1ccccc1F)N1CCCC(c2cc3cccnc3c(=O)[nH]2)C1.